The lowest BCUT2D eigenvalue weighted by Gasteiger charge is -2.22. The van der Waals surface area contributed by atoms with Crippen LogP contribution < -0.4 is 11.1 Å². The lowest BCUT2D eigenvalue weighted by Crippen LogP contribution is -2.34. The van der Waals surface area contributed by atoms with Gasteiger partial charge >= 0.3 is 0 Å². The maximum Gasteiger partial charge on any atom is 0.0575 e. The molecule has 0 aliphatic carbocycles. The van der Waals surface area contributed by atoms with Gasteiger partial charge in [0.25, 0.3) is 0 Å². The van der Waals surface area contributed by atoms with Crippen LogP contribution in [0.5, 0.6) is 0 Å². The highest BCUT2D eigenvalue weighted by molar-refractivity contribution is 4.66. The minimum Gasteiger partial charge on any atom is -0.378 e. The zero-order chi connectivity index (χ0) is 10.2. The van der Waals surface area contributed by atoms with E-state index in [1.807, 2.05) is 0 Å². The van der Waals surface area contributed by atoms with Crippen LogP contribution in [-0.2, 0) is 4.74 Å². The Morgan fingerprint density at radius 1 is 1.50 bits per heavy atom. The maximum atomic E-state index is 5.66. The van der Waals surface area contributed by atoms with Crippen LogP contribution in [0.3, 0.4) is 0 Å². The molecule has 0 saturated carbocycles. The molecule has 3 heteroatoms. The van der Waals surface area contributed by atoms with E-state index >= 15 is 0 Å². The molecule has 2 atom stereocenters. The van der Waals surface area contributed by atoms with Gasteiger partial charge in [-0.15, -0.1) is 0 Å². The summed E-state index contributed by atoms with van der Waals surface area (Å²) in [6.07, 6.45) is 6.78. The normalized spacial score (nSPS) is 24.9. The van der Waals surface area contributed by atoms with Gasteiger partial charge in [0.05, 0.1) is 6.10 Å². The number of nitrogens with one attached hydrogen (secondary N) is 1. The van der Waals surface area contributed by atoms with Gasteiger partial charge in [-0.2, -0.15) is 0 Å². The number of ether oxygens (including phenoxy) is 1. The quantitative estimate of drug-likeness (QED) is 0.635. The fraction of sp³-hybridized carbons (Fsp3) is 1.00. The minimum atomic E-state index is 0.447. The molecule has 0 aromatic carbocycles. The summed E-state index contributed by atoms with van der Waals surface area (Å²) in [5, 5.41) is 3.39. The Balaban J connectivity index is 1.92. The van der Waals surface area contributed by atoms with Crippen LogP contribution in [0.2, 0.25) is 0 Å². The van der Waals surface area contributed by atoms with E-state index in [9.17, 15) is 0 Å². The molecule has 1 saturated heterocycles. The summed E-state index contributed by atoms with van der Waals surface area (Å²) in [5.74, 6) is 0. The van der Waals surface area contributed by atoms with Gasteiger partial charge < -0.3 is 15.8 Å². The molecule has 1 rings (SSSR count). The van der Waals surface area contributed by atoms with Crippen LogP contribution >= 0.6 is 0 Å². The van der Waals surface area contributed by atoms with Gasteiger partial charge in [0.2, 0.25) is 0 Å². The largest absolute Gasteiger partial charge is 0.378 e. The lowest BCUT2D eigenvalue weighted by molar-refractivity contribution is 0.0101. The minimum absolute atomic E-state index is 0.447. The van der Waals surface area contributed by atoms with Crippen molar-refractivity contribution in [3.8, 4) is 0 Å². The monoisotopic (exact) mass is 200 g/mol. The summed E-state index contributed by atoms with van der Waals surface area (Å²) in [4.78, 5) is 0. The third-order valence-electron chi connectivity index (χ3n) is 2.82. The van der Waals surface area contributed by atoms with Gasteiger partial charge in [-0.1, -0.05) is 0 Å². The maximum absolute atomic E-state index is 5.66. The van der Waals surface area contributed by atoms with E-state index in [1.54, 1.807) is 0 Å². The van der Waals surface area contributed by atoms with E-state index in [4.69, 9.17) is 10.5 Å². The first kappa shape index (κ1) is 12.0. The van der Waals surface area contributed by atoms with Crippen molar-refractivity contribution in [2.24, 2.45) is 5.73 Å². The van der Waals surface area contributed by atoms with Crippen molar-refractivity contribution in [1.82, 2.24) is 5.32 Å². The van der Waals surface area contributed by atoms with Gasteiger partial charge in [-0.3, -0.25) is 0 Å². The van der Waals surface area contributed by atoms with Gasteiger partial charge in [0, 0.05) is 19.2 Å². The van der Waals surface area contributed by atoms with Crippen LogP contribution in [0.15, 0.2) is 0 Å². The van der Waals surface area contributed by atoms with Gasteiger partial charge in [0.15, 0.2) is 0 Å². The molecule has 3 nitrogen and oxygen atoms in total. The fourth-order valence-corrected chi connectivity index (χ4v) is 1.80. The molecule has 1 aliphatic rings. The summed E-state index contributed by atoms with van der Waals surface area (Å²) in [6, 6.07) is 0.447. The highest BCUT2D eigenvalue weighted by Crippen LogP contribution is 2.16. The van der Waals surface area contributed by atoms with E-state index in [0.29, 0.717) is 12.1 Å². The highest BCUT2D eigenvalue weighted by atomic mass is 16.5. The second-order valence-corrected chi connectivity index (χ2v) is 4.22. The second kappa shape index (κ2) is 7.21. The fourth-order valence-electron chi connectivity index (χ4n) is 1.80. The zero-order valence-electron chi connectivity index (χ0n) is 9.30. The topological polar surface area (TPSA) is 47.3 Å². The Bertz CT molecular complexity index is 135. The molecule has 0 bridgehead atoms. The average molecular weight is 200 g/mol. The van der Waals surface area contributed by atoms with Gasteiger partial charge in [0.1, 0.15) is 0 Å². The van der Waals surface area contributed by atoms with Crippen molar-refractivity contribution >= 4 is 0 Å². The van der Waals surface area contributed by atoms with Crippen molar-refractivity contribution in [2.75, 3.05) is 19.7 Å². The molecule has 3 N–H and O–H groups in total. The summed E-state index contributed by atoms with van der Waals surface area (Å²) >= 11 is 0. The molecule has 1 aliphatic heterocycles. The Hall–Kier alpha value is -0.120. The van der Waals surface area contributed by atoms with Crippen molar-refractivity contribution in [3.05, 3.63) is 0 Å². The van der Waals surface area contributed by atoms with Crippen LogP contribution in [-0.4, -0.2) is 31.8 Å². The van der Waals surface area contributed by atoms with Crippen molar-refractivity contribution in [2.45, 2.75) is 51.2 Å². The molecule has 1 heterocycles. The Labute approximate surface area is 87.4 Å². The average Bonchev–Trinajstić information content (AvgIpc) is 2.25. The molecule has 14 heavy (non-hydrogen) atoms. The van der Waals surface area contributed by atoms with E-state index in [0.717, 1.165) is 19.7 Å². The highest BCUT2D eigenvalue weighted by Gasteiger charge is 2.12. The number of hydrogen-bond acceptors (Lipinski definition) is 3. The molecule has 0 aromatic heterocycles. The molecule has 2 unspecified atom stereocenters. The Kier molecular flexibility index (Phi) is 6.15. The summed E-state index contributed by atoms with van der Waals surface area (Å²) in [7, 11) is 0. The Morgan fingerprint density at radius 3 is 3.00 bits per heavy atom. The first-order valence-corrected chi connectivity index (χ1v) is 5.88. The Morgan fingerprint density at radius 2 is 2.36 bits per heavy atom. The molecule has 0 radical (unpaired) electrons. The predicted octanol–water partition coefficient (Wildman–Crippen LogP) is 1.27. The van der Waals surface area contributed by atoms with Crippen LogP contribution in [0.4, 0.5) is 0 Å². The van der Waals surface area contributed by atoms with E-state index < -0.39 is 0 Å². The third kappa shape index (κ3) is 4.94. The van der Waals surface area contributed by atoms with Gasteiger partial charge in [-0.05, 0) is 45.6 Å². The van der Waals surface area contributed by atoms with Crippen LogP contribution in [0.1, 0.15) is 39.0 Å². The lowest BCUT2D eigenvalue weighted by atomic mass is 10.0. The standard InChI is InChI=1S/C11H24N2O/c1-10(9-12)13-7-4-6-11-5-2-3-8-14-11/h10-11,13H,2-9,12H2,1H3. The van der Waals surface area contributed by atoms with E-state index in [2.05, 4.69) is 12.2 Å². The van der Waals surface area contributed by atoms with Crippen LogP contribution in [0, 0.1) is 0 Å². The predicted molar refractivity (Wildman–Crippen MR) is 59.3 cm³/mol. The first-order chi connectivity index (χ1) is 6.83. The smallest absolute Gasteiger partial charge is 0.0575 e. The van der Waals surface area contributed by atoms with Crippen molar-refractivity contribution in [3.63, 3.8) is 0 Å². The van der Waals surface area contributed by atoms with Crippen LogP contribution in [0.25, 0.3) is 0 Å². The molecule has 0 spiro atoms. The molecule has 1 fully saturated rings. The first-order valence-electron chi connectivity index (χ1n) is 5.88. The second-order valence-electron chi connectivity index (χ2n) is 4.22. The van der Waals surface area contributed by atoms with Gasteiger partial charge in [-0.25, -0.2) is 0 Å². The number of rotatable bonds is 6. The van der Waals surface area contributed by atoms with Crippen molar-refractivity contribution in [1.29, 1.82) is 0 Å². The molecular weight excluding hydrogens is 176 g/mol. The molecule has 0 amide bonds. The van der Waals surface area contributed by atoms with Crippen molar-refractivity contribution < 1.29 is 4.74 Å². The SMILES string of the molecule is CC(CN)NCCCC1CCCCO1. The summed E-state index contributed by atoms with van der Waals surface area (Å²) < 4.78 is 5.66. The molecular formula is C11H24N2O. The third-order valence-corrected chi connectivity index (χ3v) is 2.82. The zero-order valence-corrected chi connectivity index (χ0v) is 9.30. The molecule has 84 valence electrons. The number of hydrogen-bond donors (Lipinski definition) is 2. The van der Waals surface area contributed by atoms with E-state index in [1.165, 1.54) is 32.1 Å². The summed E-state index contributed by atoms with van der Waals surface area (Å²) in [5.41, 5.74) is 5.51. The number of nitrogens with two attached hydrogens (primary N) is 1. The molecule has 0 aromatic rings. The van der Waals surface area contributed by atoms with E-state index in [-0.39, 0.29) is 0 Å². The summed E-state index contributed by atoms with van der Waals surface area (Å²) in [6.45, 7) is 4.88.